The van der Waals surface area contributed by atoms with Crippen molar-refractivity contribution in [2.75, 3.05) is 6.61 Å². The van der Waals surface area contributed by atoms with E-state index in [1.165, 1.54) is 0 Å². The summed E-state index contributed by atoms with van der Waals surface area (Å²) in [6, 6.07) is 0. The first-order valence-electron chi connectivity index (χ1n) is 6.36. The molecule has 1 heterocycles. The summed E-state index contributed by atoms with van der Waals surface area (Å²) in [5.41, 5.74) is -0.155. The molecule has 0 aromatic rings. The Morgan fingerprint density at radius 1 is 1.24 bits per heavy atom. The van der Waals surface area contributed by atoms with Crippen LogP contribution in [0.3, 0.4) is 0 Å². The van der Waals surface area contributed by atoms with Crippen molar-refractivity contribution >= 4 is 0 Å². The normalized spacial score (nSPS) is 40.6. The van der Waals surface area contributed by atoms with Crippen molar-refractivity contribution in [3.63, 3.8) is 0 Å². The van der Waals surface area contributed by atoms with E-state index in [1.807, 2.05) is 34.6 Å². The molecule has 1 N–H and O–H groups in total. The Morgan fingerprint density at radius 2 is 1.82 bits per heavy atom. The molecule has 1 aliphatic carbocycles. The highest BCUT2D eigenvalue weighted by Gasteiger charge is 2.53. The average Bonchev–Trinajstić information content (AvgIpc) is 2.58. The van der Waals surface area contributed by atoms with Crippen LogP contribution >= 0.6 is 0 Å². The molecule has 0 aromatic carbocycles. The molecule has 0 radical (unpaired) electrons. The third-order valence-corrected chi connectivity index (χ3v) is 3.28. The van der Waals surface area contributed by atoms with Crippen LogP contribution in [0, 0.1) is 5.92 Å². The Kier molecular flexibility index (Phi) is 3.28. The number of rotatable bonds is 2. The second-order valence-electron chi connectivity index (χ2n) is 6.55. The Balaban J connectivity index is 1.97. The molecule has 1 saturated carbocycles. The number of aliphatic hydroxyl groups is 1. The second-order valence-corrected chi connectivity index (χ2v) is 6.55. The smallest absolute Gasteiger partial charge is 0.163 e. The molecular formula is C13H24O4. The van der Waals surface area contributed by atoms with Crippen LogP contribution in [-0.4, -0.2) is 41.4 Å². The molecule has 0 amide bonds. The van der Waals surface area contributed by atoms with Gasteiger partial charge in [0.15, 0.2) is 5.79 Å². The molecular weight excluding hydrogens is 220 g/mol. The fourth-order valence-corrected chi connectivity index (χ4v) is 2.58. The predicted molar refractivity (Wildman–Crippen MR) is 63.6 cm³/mol. The summed E-state index contributed by atoms with van der Waals surface area (Å²) in [6.07, 6.45) is 0.0258. The Labute approximate surface area is 103 Å². The first-order chi connectivity index (χ1) is 7.68. The largest absolute Gasteiger partial charge is 0.390 e. The summed E-state index contributed by atoms with van der Waals surface area (Å²) >= 11 is 0. The highest BCUT2D eigenvalue weighted by atomic mass is 16.8. The third-order valence-electron chi connectivity index (χ3n) is 3.28. The fraction of sp³-hybridized carbons (Fsp3) is 1.00. The standard InChI is InChI=1S/C13H24O4/c1-12(2,3)15-7-8-6-9(14)11-10(8)16-13(4,5)17-11/h8-11,14H,6-7H2,1-5H3/t8-,9+,10-,11+/m1/s1. The van der Waals surface area contributed by atoms with Crippen molar-refractivity contribution < 1.29 is 19.3 Å². The molecule has 4 heteroatoms. The van der Waals surface area contributed by atoms with E-state index in [1.54, 1.807) is 0 Å². The molecule has 17 heavy (non-hydrogen) atoms. The zero-order valence-electron chi connectivity index (χ0n) is 11.4. The fourth-order valence-electron chi connectivity index (χ4n) is 2.58. The number of ether oxygens (including phenoxy) is 3. The monoisotopic (exact) mass is 244 g/mol. The zero-order valence-corrected chi connectivity index (χ0v) is 11.4. The van der Waals surface area contributed by atoms with Crippen molar-refractivity contribution in [1.82, 2.24) is 0 Å². The number of fused-ring (bicyclic) bond motifs is 1. The molecule has 100 valence electrons. The van der Waals surface area contributed by atoms with Crippen molar-refractivity contribution in [2.45, 2.75) is 70.7 Å². The number of hydrogen-bond acceptors (Lipinski definition) is 4. The first kappa shape index (κ1) is 13.3. The van der Waals surface area contributed by atoms with Gasteiger partial charge in [-0.15, -0.1) is 0 Å². The van der Waals surface area contributed by atoms with Crippen LogP contribution in [0.4, 0.5) is 0 Å². The first-order valence-corrected chi connectivity index (χ1v) is 6.36. The highest BCUT2D eigenvalue weighted by molar-refractivity contribution is 4.98. The van der Waals surface area contributed by atoms with Gasteiger partial charge >= 0.3 is 0 Å². The lowest BCUT2D eigenvalue weighted by molar-refractivity contribution is -0.170. The minimum atomic E-state index is -0.587. The maximum atomic E-state index is 9.97. The van der Waals surface area contributed by atoms with E-state index in [0.29, 0.717) is 13.0 Å². The van der Waals surface area contributed by atoms with Crippen LogP contribution in [0.15, 0.2) is 0 Å². The summed E-state index contributed by atoms with van der Waals surface area (Å²) < 4.78 is 17.4. The molecule has 1 saturated heterocycles. The summed E-state index contributed by atoms with van der Waals surface area (Å²) in [7, 11) is 0. The van der Waals surface area contributed by atoms with E-state index in [9.17, 15) is 5.11 Å². The maximum Gasteiger partial charge on any atom is 0.163 e. The number of aliphatic hydroxyl groups excluding tert-OH is 1. The Hall–Kier alpha value is -0.160. The summed E-state index contributed by atoms with van der Waals surface area (Å²) in [5, 5.41) is 9.97. The van der Waals surface area contributed by atoms with Crippen molar-refractivity contribution in [2.24, 2.45) is 5.92 Å². The van der Waals surface area contributed by atoms with Crippen LogP contribution in [-0.2, 0) is 14.2 Å². The molecule has 0 aromatic heterocycles. The topological polar surface area (TPSA) is 47.9 Å². The van der Waals surface area contributed by atoms with Gasteiger partial charge in [0.25, 0.3) is 0 Å². The van der Waals surface area contributed by atoms with Gasteiger partial charge in [-0.05, 0) is 41.0 Å². The van der Waals surface area contributed by atoms with Crippen molar-refractivity contribution in [3.05, 3.63) is 0 Å². The molecule has 0 bridgehead atoms. The molecule has 2 rings (SSSR count). The highest BCUT2D eigenvalue weighted by Crippen LogP contribution is 2.41. The van der Waals surface area contributed by atoms with Crippen molar-refractivity contribution in [1.29, 1.82) is 0 Å². The molecule has 2 aliphatic rings. The van der Waals surface area contributed by atoms with E-state index < -0.39 is 11.9 Å². The number of hydrogen-bond donors (Lipinski definition) is 1. The van der Waals surface area contributed by atoms with Gasteiger partial charge in [0.1, 0.15) is 6.10 Å². The zero-order chi connectivity index (χ0) is 12.8. The molecule has 4 atom stereocenters. The van der Waals surface area contributed by atoms with Gasteiger partial charge < -0.3 is 19.3 Å². The second kappa shape index (κ2) is 4.19. The van der Waals surface area contributed by atoms with E-state index >= 15 is 0 Å². The van der Waals surface area contributed by atoms with Crippen LogP contribution < -0.4 is 0 Å². The van der Waals surface area contributed by atoms with Gasteiger partial charge in [0.05, 0.1) is 24.4 Å². The quantitative estimate of drug-likeness (QED) is 0.803. The lowest BCUT2D eigenvalue weighted by atomic mass is 10.1. The molecule has 1 aliphatic heterocycles. The lowest BCUT2D eigenvalue weighted by Gasteiger charge is -2.26. The molecule has 2 fully saturated rings. The lowest BCUT2D eigenvalue weighted by Crippen LogP contribution is -2.31. The van der Waals surface area contributed by atoms with Gasteiger partial charge in [-0.3, -0.25) is 0 Å². The van der Waals surface area contributed by atoms with Crippen LogP contribution in [0.2, 0.25) is 0 Å². The van der Waals surface area contributed by atoms with Crippen LogP contribution in [0.1, 0.15) is 41.0 Å². The van der Waals surface area contributed by atoms with Gasteiger partial charge in [0.2, 0.25) is 0 Å². The van der Waals surface area contributed by atoms with E-state index in [4.69, 9.17) is 14.2 Å². The minimum absolute atomic E-state index is 0.0395. The Bertz CT molecular complexity index is 282. The van der Waals surface area contributed by atoms with E-state index in [0.717, 1.165) is 0 Å². The van der Waals surface area contributed by atoms with Gasteiger partial charge in [-0.25, -0.2) is 0 Å². The molecule has 4 nitrogen and oxygen atoms in total. The SMILES string of the molecule is CC(C)(C)OC[C@H]1C[C@H](O)[C@@H]2OC(C)(C)O[C@H]12. The van der Waals surface area contributed by atoms with Crippen LogP contribution in [0.25, 0.3) is 0 Å². The van der Waals surface area contributed by atoms with Gasteiger partial charge in [0, 0.05) is 5.92 Å². The Morgan fingerprint density at radius 3 is 2.41 bits per heavy atom. The maximum absolute atomic E-state index is 9.97. The summed E-state index contributed by atoms with van der Waals surface area (Å²) in [5.74, 6) is -0.368. The minimum Gasteiger partial charge on any atom is -0.390 e. The van der Waals surface area contributed by atoms with Crippen molar-refractivity contribution in [3.8, 4) is 0 Å². The summed E-state index contributed by atoms with van der Waals surface area (Å²) in [6.45, 7) is 10.5. The predicted octanol–water partition coefficient (Wildman–Crippen LogP) is 1.70. The average molecular weight is 244 g/mol. The summed E-state index contributed by atoms with van der Waals surface area (Å²) in [4.78, 5) is 0. The van der Waals surface area contributed by atoms with Gasteiger partial charge in [-0.1, -0.05) is 0 Å². The van der Waals surface area contributed by atoms with Crippen LogP contribution in [0.5, 0.6) is 0 Å². The third kappa shape index (κ3) is 2.99. The van der Waals surface area contributed by atoms with Gasteiger partial charge in [-0.2, -0.15) is 0 Å². The molecule has 0 unspecified atom stereocenters. The van der Waals surface area contributed by atoms with E-state index in [2.05, 4.69) is 0 Å². The van der Waals surface area contributed by atoms with E-state index in [-0.39, 0.29) is 23.7 Å². The molecule has 0 spiro atoms.